The number of rotatable bonds is 20. The minimum Gasteiger partial charge on any atom is -0.393 e. The predicted octanol–water partition coefficient (Wildman–Crippen LogP) is 8.06. The van der Waals surface area contributed by atoms with E-state index < -0.39 is 0 Å². The van der Waals surface area contributed by atoms with Crippen LogP contribution in [-0.2, 0) is 14.3 Å². The molecule has 0 N–H and O–H groups in total. The van der Waals surface area contributed by atoms with Crippen LogP contribution in [0.3, 0.4) is 0 Å². The molecule has 1 heterocycles. The molecule has 0 spiro atoms. The molecule has 3 heteroatoms. The van der Waals surface area contributed by atoms with Crippen LogP contribution in [-0.4, -0.2) is 11.9 Å². The molecule has 1 atom stereocenters. The third-order valence-corrected chi connectivity index (χ3v) is 6.03. The third-order valence-electron chi connectivity index (χ3n) is 6.03. The highest BCUT2D eigenvalue weighted by Crippen LogP contribution is 2.22. The van der Waals surface area contributed by atoms with Crippen molar-refractivity contribution >= 4 is 11.9 Å². The fourth-order valence-corrected chi connectivity index (χ4v) is 4.09. The van der Waals surface area contributed by atoms with Gasteiger partial charge in [-0.25, -0.2) is 0 Å². The highest BCUT2D eigenvalue weighted by Gasteiger charge is 2.32. The van der Waals surface area contributed by atoms with E-state index in [0.717, 1.165) is 12.8 Å². The first-order valence-corrected chi connectivity index (χ1v) is 12.6. The number of unbranched alkanes of at least 4 members (excludes halogenated alkanes) is 16. The number of ether oxygens (including phenoxy) is 1. The van der Waals surface area contributed by atoms with E-state index in [-0.39, 0.29) is 17.9 Å². The van der Waals surface area contributed by atoms with Crippen molar-refractivity contribution in [3.8, 4) is 0 Å². The van der Waals surface area contributed by atoms with E-state index in [0.29, 0.717) is 6.42 Å². The zero-order valence-electron chi connectivity index (χ0n) is 19.1. The maximum absolute atomic E-state index is 11.4. The zero-order valence-corrected chi connectivity index (χ0v) is 19.1. The Bertz CT molecular complexity index is 441. The van der Waals surface area contributed by atoms with Crippen molar-refractivity contribution in [3.05, 3.63) is 12.2 Å². The van der Waals surface area contributed by atoms with Gasteiger partial charge in [0.2, 0.25) is 0 Å². The van der Waals surface area contributed by atoms with Gasteiger partial charge >= 0.3 is 11.9 Å². The summed E-state index contributed by atoms with van der Waals surface area (Å²) in [7, 11) is 0. The van der Waals surface area contributed by atoms with E-state index in [9.17, 15) is 9.59 Å². The maximum Gasteiger partial charge on any atom is 0.317 e. The molecular formula is C26H46O3. The minimum absolute atomic E-state index is 0.158. The average molecular weight is 407 g/mol. The lowest BCUT2D eigenvalue weighted by Gasteiger charge is -2.05. The number of hydrogen-bond acceptors (Lipinski definition) is 3. The van der Waals surface area contributed by atoms with Crippen LogP contribution < -0.4 is 0 Å². The van der Waals surface area contributed by atoms with Crippen molar-refractivity contribution in [1.29, 1.82) is 0 Å². The Labute approximate surface area is 180 Å². The molecule has 0 aromatic carbocycles. The molecule has 1 unspecified atom stereocenters. The van der Waals surface area contributed by atoms with Crippen molar-refractivity contribution < 1.29 is 14.3 Å². The summed E-state index contributed by atoms with van der Waals surface area (Å²) in [5.74, 6) is -0.801. The number of allylic oxidation sites excluding steroid dienone is 2. The molecule has 0 radical (unpaired) electrons. The van der Waals surface area contributed by atoms with Crippen molar-refractivity contribution in [2.24, 2.45) is 5.92 Å². The molecule has 0 aromatic heterocycles. The SMILES string of the molecule is CCCCC/C=C/CCCCCCCCCCCCCCCC1CC(=O)OC1=O. The van der Waals surface area contributed by atoms with Crippen LogP contribution in [0.1, 0.15) is 135 Å². The summed E-state index contributed by atoms with van der Waals surface area (Å²) < 4.78 is 4.59. The summed E-state index contributed by atoms with van der Waals surface area (Å²) in [6, 6.07) is 0. The molecule has 1 rings (SSSR count). The fourth-order valence-electron chi connectivity index (χ4n) is 4.09. The van der Waals surface area contributed by atoms with Crippen LogP contribution in [0.25, 0.3) is 0 Å². The van der Waals surface area contributed by atoms with Crippen LogP contribution >= 0.6 is 0 Å². The van der Waals surface area contributed by atoms with E-state index in [1.807, 2.05) is 0 Å². The molecule has 1 fully saturated rings. The third kappa shape index (κ3) is 15.4. The molecule has 29 heavy (non-hydrogen) atoms. The van der Waals surface area contributed by atoms with Crippen molar-refractivity contribution in [2.75, 3.05) is 0 Å². The van der Waals surface area contributed by atoms with Crippen molar-refractivity contribution in [3.63, 3.8) is 0 Å². The number of carbonyl (C=O) groups is 2. The standard InChI is InChI=1S/C26H46O3/c1-2-3-4-5-6-7-8-9-10-11-12-13-14-15-16-17-18-19-20-21-22-24-23-25(27)29-26(24)28/h6-7,24H,2-5,8-23H2,1H3/b7-6+. The lowest BCUT2D eigenvalue weighted by Crippen LogP contribution is -2.06. The smallest absolute Gasteiger partial charge is 0.317 e. The Kier molecular flexibility index (Phi) is 16.9. The second kappa shape index (κ2) is 18.9. The number of cyclic esters (lactones) is 2. The van der Waals surface area contributed by atoms with Gasteiger partial charge in [-0.15, -0.1) is 0 Å². The van der Waals surface area contributed by atoms with Gasteiger partial charge in [-0.2, -0.15) is 0 Å². The van der Waals surface area contributed by atoms with Crippen molar-refractivity contribution in [2.45, 2.75) is 135 Å². The Morgan fingerprint density at radius 2 is 1.14 bits per heavy atom. The van der Waals surface area contributed by atoms with Gasteiger partial charge < -0.3 is 4.74 Å². The van der Waals surface area contributed by atoms with Gasteiger partial charge in [0.15, 0.2) is 0 Å². The van der Waals surface area contributed by atoms with E-state index >= 15 is 0 Å². The first kappa shape index (κ1) is 25.9. The van der Waals surface area contributed by atoms with Gasteiger partial charge in [0.1, 0.15) is 0 Å². The first-order valence-electron chi connectivity index (χ1n) is 12.6. The Balaban J connectivity index is 1.71. The summed E-state index contributed by atoms with van der Waals surface area (Å²) in [6.07, 6.45) is 29.7. The normalized spacial score (nSPS) is 16.8. The number of hydrogen-bond donors (Lipinski definition) is 0. The lowest BCUT2D eigenvalue weighted by atomic mass is 9.98. The van der Waals surface area contributed by atoms with Crippen LogP contribution in [0.15, 0.2) is 12.2 Å². The Hall–Kier alpha value is -1.12. The molecule has 3 nitrogen and oxygen atoms in total. The van der Waals surface area contributed by atoms with Gasteiger partial charge in [-0.05, 0) is 32.1 Å². The number of esters is 2. The summed E-state index contributed by atoms with van der Waals surface area (Å²) in [5, 5.41) is 0. The van der Waals surface area contributed by atoms with Gasteiger partial charge in [-0.3, -0.25) is 9.59 Å². The molecule has 0 amide bonds. The quantitative estimate of drug-likeness (QED) is 0.0888. The Morgan fingerprint density at radius 3 is 1.59 bits per heavy atom. The highest BCUT2D eigenvalue weighted by molar-refractivity contribution is 5.94. The van der Waals surface area contributed by atoms with E-state index in [1.165, 1.54) is 109 Å². The molecule has 1 aliphatic heterocycles. The van der Waals surface area contributed by atoms with Crippen LogP contribution in [0.2, 0.25) is 0 Å². The maximum atomic E-state index is 11.4. The highest BCUT2D eigenvalue weighted by atomic mass is 16.6. The largest absolute Gasteiger partial charge is 0.393 e. The second-order valence-electron chi connectivity index (χ2n) is 8.83. The lowest BCUT2D eigenvalue weighted by molar-refractivity contribution is -0.153. The summed E-state index contributed by atoms with van der Waals surface area (Å²) in [5.41, 5.74) is 0. The average Bonchev–Trinajstić information content (AvgIpc) is 3.03. The van der Waals surface area contributed by atoms with Gasteiger partial charge in [0.05, 0.1) is 12.3 Å². The van der Waals surface area contributed by atoms with E-state index in [2.05, 4.69) is 23.8 Å². The zero-order chi connectivity index (χ0) is 21.0. The van der Waals surface area contributed by atoms with E-state index in [4.69, 9.17) is 0 Å². The molecule has 168 valence electrons. The molecule has 0 aromatic rings. The molecule has 0 bridgehead atoms. The summed E-state index contributed by atoms with van der Waals surface area (Å²) >= 11 is 0. The predicted molar refractivity (Wildman–Crippen MR) is 122 cm³/mol. The Morgan fingerprint density at radius 1 is 0.690 bits per heavy atom. The van der Waals surface area contributed by atoms with Gasteiger partial charge in [0.25, 0.3) is 0 Å². The van der Waals surface area contributed by atoms with Gasteiger partial charge in [0, 0.05) is 0 Å². The van der Waals surface area contributed by atoms with Crippen LogP contribution in [0.4, 0.5) is 0 Å². The summed E-state index contributed by atoms with van der Waals surface area (Å²) in [6.45, 7) is 2.26. The first-order chi connectivity index (χ1) is 14.2. The number of carbonyl (C=O) groups excluding carboxylic acids is 2. The van der Waals surface area contributed by atoms with Crippen molar-refractivity contribution in [1.82, 2.24) is 0 Å². The second-order valence-corrected chi connectivity index (χ2v) is 8.83. The topological polar surface area (TPSA) is 43.4 Å². The van der Waals surface area contributed by atoms with Crippen LogP contribution in [0.5, 0.6) is 0 Å². The molecule has 1 aliphatic rings. The fraction of sp³-hybridized carbons (Fsp3) is 0.846. The molecule has 0 aliphatic carbocycles. The van der Waals surface area contributed by atoms with Crippen LogP contribution in [0, 0.1) is 5.92 Å². The molecule has 0 saturated carbocycles. The molecule has 1 saturated heterocycles. The molecular weight excluding hydrogens is 360 g/mol. The van der Waals surface area contributed by atoms with Gasteiger partial charge in [-0.1, -0.05) is 109 Å². The monoisotopic (exact) mass is 406 g/mol. The minimum atomic E-state index is -0.342. The van der Waals surface area contributed by atoms with E-state index in [1.54, 1.807) is 0 Å². The summed E-state index contributed by atoms with van der Waals surface area (Å²) in [4.78, 5) is 22.4.